The van der Waals surface area contributed by atoms with Crippen LogP contribution in [0.5, 0.6) is 5.75 Å². The van der Waals surface area contributed by atoms with Crippen LogP contribution in [0.2, 0.25) is 0 Å². The Balaban J connectivity index is 1.85. The topological polar surface area (TPSA) is 78.9 Å². The van der Waals surface area contributed by atoms with Gasteiger partial charge in [0.2, 0.25) is 0 Å². The summed E-state index contributed by atoms with van der Waals surface area (Å²) in [4.78, 5) is 25.2. The average molecular weight is 276 g/mol. The first kappa shape index (κ1) is 12.9. The van der Waals surface area contributed by atoms with Gasteiger partial charge in [0.15, 0.2) is 0 Å². The molecule has 0 saturated carbocycles. The zero-order valence-corrected chi connectivity index (χ0v) is 11.0. The second-order valence-electron chi connectivity index (χ2n) is 4.98. The Labute approximate surface area is 116 Å². The monoisotopic (exact) mass is 276 g/mol. The van der Waals surface area contributed by atoms with Crippen LogP contribution in [0, 0.1) is 0 Å². The van der Waals surface area contributed by atoms with Crippen LogP contribution in [0.15, 0.2) is 18.2 Å². The van der Waals surface area contributed by atoms with Gasteiger partial charge in [-0.15, -0.1) is 0 Å². The lowest BCUT2D eigenvalue weighted by Crippen LogP contribution is -2.56. The quantitative estimate of drug-likeness (QED) is 0.802. The molecule has 3 rings (SSSR count). The molecule has 6 heteroatoms. The summed E-state index contributed by atoms with van der Waals surface area (Å²) in [6.45, 7) is 1.94. The van der Waals surface area contributed by atoms with Crippen molar-refractivity contribution in [2.45, 2.75) is 12.5 Å². The third-order valence-corrected chi connectivity index (χ3v) is 3.73. The summed E-state index contributed by atoms with van der Waals surface area (Å²) in [6, 6.07) is 4.49. The number of carbonyl (C=O) groups is 2. The molecule has 0 aromatic heterocycles. The number of piperazine rings is 1. The Kier molecular flexibility index (Phi) is 3.31. The molecular weight excluding hydrogens is 260 g/mol. The van der Waals surface area contributed by atoms with Crippen LogP contribution in [0.1, 0.15) is 15.9 Å². The normalized spacial score (nSPS) is 21.2. The molecule has 0 spiro atoms. The van der Waals surface area contributed by atoms with Crippen molar-refractivity contribution in [3.63, 3.8) is 0 Å². The van der Waals surface area contributed by atoms with Gasteiger partial charge in [0.25, 0.3) is 5.91 Å². The van der Waals surface area contributed by atoms with Crippen molar-refractivity contribution < 1.29 is 19.4 Å². The van der Waals surface area contributed by atoms with Gasteiger partial charge in [-0.2, -0.15) is 0 Å². The van der Waals surface area contributed by atoms with Crippen LogP contribution < -0.4 is 10.1 Å². The maximum Gasteiger partial charge on any atom is 0.327 e. The van der Waals surface area contributed by atoms with Gasteiger partial charge in [-0.05, 0) is 23.8 Å². The number of hydrogen-bond acceptors (Lipinski definition) is 4. The Morgan fingerprint density at radius 1 is 1.40 bits per heavy atom. The zero-order chi connectivity index (χ0) is 14.1. The minimum absolute atomic E-state index is 0.228. The molecule has 1 fully saturated rings. The molecule has 106 valence electrons. The molecule has 2 heterocycles. The Morgan fingerprint density at radius 3 is 3.05 bits per heavy atom. The molecule has 1 unspecified atom stereocenters. The minimum atomic E-state index is -0.977. The lowest BCUT2D eigenvalue weighted by atomic mass is 10.1. The Hall–Kier alpha value is -2.08. The molecule has 1 amide bonds. The summed E-state index contributed by atoms with van der Waals surface area (Å²) < 4.78 is 5.41. The molecular formula is C14H16N2O4. The number of carboxylic acids is 1. The van der Waals surface area contributed by atoms with Crippen molar-refractivity contribution in [2.24, 2.45) is 0 Å². The summed E-state index contributed by atoms with van der Waals surface area (Å²) in [5.41, 5.74) is 1.54. The fraction of sp³-hybridized carbons (Fsp3) is 0.429. The molecule has 0 bridgehead atoms. The molecule has 1 aromatic carbocycles. The zero-order valence-electron chi connectivity index (χ0n) is 11.0. The molecule has 2 N–H and O–H groups in total. The molecule has 6 nitrogen and oxygen atoms in total. The first-order valence-electron chi connectivity index (χ1n) is 6.67. The average Bonchev–Trinajstić information content (AvgIpc) is 2.93. The predicted octanol–water partition coefficient (Wildman–Crippen LogP) is 0.120. The van der Waals surface area contributed by atoms with Crippen molar-refractivity contribution in [3.05, 3.63) is 29.3 Å². The molecule has 0 aliphatic carbocycles. The fourth-order valence-electron chi connectivity index (χ4n) is 2.65. The van der Waals surface area contributed by atoms with Gasteiger partial charge in [-0.3, -0.25) is 4.79 Å². The number of fused-ring (bicyclic) bond motifs is 1. The second kappa shape index (κ2) is 5.13. The summed E-state index contributed by atoms with van der Waals surface area (Å²) in [6.07, 6.45) is 0.792. The van der Waals surface area contributed by atoms with Crippen molar-refractivity contribution in [1.82, 2.24) is 10.2 Å². The smallest absolute Gasteiger partial charge is 0.327 e. The molecule has 1 saturated heterocycles. The largest absolute Gasteiger partial charge is 0.493 e. The molecule has 0 radical (unpaired) electrons. The number of carboxylic acid groups (broad SMARTS) is 1. The van der Waals surface area contributed by atoms with Crippen molar-refractivity contribution >= 4 is 11.9 Å². The highest BCUT2D eigenvalue weighted by Gasteiger charge is 2.32. The van der Waals surface area contributed by atoms with E-state index in [9.17, 15) is 14.7 Å². The number of amides is 1. The van der Waals surface area contributed by atoms with Gasteiger partial charge in [0.05, 0.1) is 6.61 Å². The van der Waals surface area contributed by atoms with Crippen LogP contribution in [0.3, 0.4) is 0 Å². The Bertz CT molecular complexity index is 558. The van der Waals surface area contributed by atoms with Gasteiger partial charge in [0.1, 0.15) is 11.8 Å². The lowest BCUT2D eigenvalue weighted by Gasteiger charge is -2.33. The lowest BCUT2D eigenvalue weighted by molar-refractivity contribution is -0.142. The van der Waals surface area contributed by atoms with E-state index < -0.39 is 12.0 Å². The third kappa shape index (κ3) is 2.22. The highest BCUT2D eigenvalue weighted by Crippen LogP contribution is 2.26. The summed E-state index contributed by atoms with van der Waals surface area (Å²) >= 11 is 0. The summed E-state index contributed by atoms with van der Waals surface area (Å²) in [5.74, 6) is -0.389. The number of ether oxygens (including phenoxy) is 1. The van der Waals surface area contributed by atoms with E-state index in [2.05, 4.69) is 5.32 Å². The van der Waals surface area contributed by atoms with Gasteiger partial charge in [0, 0.05) is 31.6 Å². The van der Waals surface area contributed by atoms with Crippen LogP contribution in [-0.2, 0) is 11.2 Å². The fourth-order valence-corrected chi connectivity index (χ4v) is 2.65. The standard InChI is InChI=1S/C14H16N2O4/c17-13(16-5-4-15-8-11(16)14(18)19)10-1-2-12-9(7-10)3-6-20-12/h1-2,7,11,15H,3-6,8H2,(H,18,19). The number of benzene rings is 1. The minimum Gasteiger partial charge on any atom is -0.493 e. The van der Waals surface area contributed by atoms with Gasteiger partial charge in [-0.25, -0.2) is 4.79 Å². The molecule has 2 aliphatic rings. The first-order chi connectivity index (χ1) is 9.66. The number of aliphatic carboxylic acids is 1. The van der Waals surface area contributed by atoms with Gasteiger partial charge >= 0.3 is 5.97 Å². The maximum atomic E-state index is 12.5. The Morgan fingerprint density at radius 2 is 2.25 bits per heavy atom. The van der Waals surface area contributed by atoms with Crippen LogP contribution in [0.4, 0.5) is 0 Å². The van der Waals surface area contributed by atoms with E-state index >= 15 is 0 Å². The third-order valence-electron chi connectivity index (χ3n) is 3.73. The highest BCUT2D eigenvalue weighted by atomic mass is 16.5. The van der Waals surface area contributed by atoms with E-state index in [0.29, 0.717) is 25.3 Å². The highest BCUT2D eigenvalue weighted by molar-refractivity contribution is 5.97. The first-order valence-corrected chi connectivity index (χ1v) is 6.67. The molecule has 2 aliphatic heterocycles. The number of carbonyl (C=O) groups excluding carboxylic acids is 1. The number of nitrogens with one attached hydrogen (secondary N) is 1. The van der Waals surface area contributed by atoms with Gasteiger partial charge in [-0.1, -0.05) is 0 Å². The summed E-state index contributed by atoms with van der Waals surface area (Å²) in [5, 5.41) is 12.2. The van der Waals surface area contributed by atoms with E-state index in [0.717, 1.165) is 17.7 Å². The number of nitrogens with zero attached hydrogens (tertiary/aromatic N) is 1. The van der Waals surface area contributed by atoms with Crippen molar-refractivity contribution in [1.29, 1.82) is 0 Å². The van der Waals surface area contributed by atoms with E-state index in [1.54, 1.807) is 12.1 Å². The van der Waals surface area contributed by atoms with E-state index in [4.69, 9.17) is 4.74 Å². The van der Waals surface area contributed by atoms with E-state index in [1.165, 1.54) is 4.90 Å². The molecule has 1 aromatic rings. The van der Waals surface area contributed by atoms with Crippen molar-refractivity contribution in [2.75, 3.05) is 26.2 Å². The number of rotatable bonds is 2. The van der Waals surface area contributed by atoms with Crippen molar-refractivity contribution in [3.8, 4) is 5.75 Å². The SMILES string of the molecule is O=C(O)C1CNCCN1C(=O)c1ccc2c(c1)CCO2. The van der Waals surface area contributed by atoms with Crippen LogP contribution in [0.25, 0.3) is 0 Å². The number of hydrogen-bond donors (Lipinski definition) is 2. The van der Waals surface area contributed by atoms with Gasteiger partial charge < -0.3 is 20.1 Å². The molecule has 1 atom stereocenters. The summed E-state index contributed by atoms with van der Waals surface area (Å²) in [7, 11) is 0. The van der Waals surface area contributed by atoms with Crippen LogP contribution in [-0.4, -0.2) is 54.2 Å². The second-order valence-corrected chi connectivity index (χ2v) is 4.98. The molecule has 20 heavy (non-hydrogen) atoms. The van der Waals surface area contributed by atoms with Crippen LogP contribution >= 0.6 is 0 Å². The van der Waals surface area contributed by atoms with E-state index in [1.807, 2.05) is 6.07 Å². The predicted molar refractivity (Wildman–Crippen MR) is 71.0 cm³/mol. The van der Waals surface area contributed by atoms with E-state index in [-0.39, 0.29) is 12.5 Å². The maximum absolute atomic E-state index is 12.5.